The quantitative estimate of drug-likeness (QED) is 0.731. The summed E-state index contributed by atoms with van der Waals surface area (Å²) in [5, 5.41) is 8.53. The van der Waals surface area contributed by atoms with Gasteiger partial charge in [-0.05, 0) is 43.7 Å². The van der Waals surface area contributed by atoms with Gasteiger partial charge in [-0.25, -0.2) is 0 Å². The number of ether oxygens (including phenoxy) is 2. The van der Waals surface area contributed by atoms with E-state index in [4.69, 9.17) is 14.6 Å². The molecule has 0 bridgehead atoms. The third-order valence-electron chi connectivity index (χ3n) is 4.25. The van der Waals surface area contributed by atoms with Gasteiger partial charge in [-0.1, -0.05) is 18.2 Å². The van der Waals surface area contributed by atoms with Gasteiger partial charge in [-0.3, -0.25) is 9.59 Å². The third kappa shape index (κ3) is 4.36. The van der Waals surface area contributed by atoms with Gasteiger partial charge in [0.2, 0.25) is 6.79 Å². The highest BCUT2D eigenvalue weighted by Gasteiger charge is 2.22. The fourth-order valence-corrected chi connectivity index (χ4v) is 3.67. The van der Waals surface area contributed by atoms with Gasteiger partial charge in [0, 0.05) is 18.0 Å². The SMILES string of the molecule is CCN(Cc1ccc2c(c1)OCO2)C(=O)c1ccccc1SC(C)C(=O)O. The lowest BCUT2D eigenvalue weighted by Gasteiger charge is -2.23. The second-order valence-corrected chi connectivity index (χ2v) is 7.48. The first-order valence-corrected chi connectivity index (χ1v) is 9.54. The second-order valence-electron chi connectivity index (χ2n) is 6.10. The van der Waals surface area contributed by atoms with Gasteiger partial charge in [-0.15, -0.1) is 11.8 Å². The number of thioether (sulfide) groups is 1. The van der Waals surface area contributed by atoms with Crippen molar-refractivity contribution >= 4 is 23.6 Å². The molecule has 1 heterocycles. The number of carboxylic acids is 1. The molecule has 2 aromatic carbocycles. The highest BCUT2D eigenvalue weighted by Crippen LogP contribution is 2.33. The summed E-state index contributed by atoms with van der Waals surface area (Å²) in [5.41, 5.74) is 1.46. The summed E-state index contributed by atoms with van der Waals surface area (Å²) < 4.78 is 10.7. The lowest BCUT2D eigenvalue weighted by molar-refractivity contribution is -0.136. The Morgan fingerprint density at radius 1 is 1.19 bits per heavy atom. The average Bonchev–Trinajstić information content (AvgIpc) is 3.13. The van der Waals surface area contributed by atoms with Crippen LogP contribution in [0.1, 0.15) is 29.8 Å². The molecule has 3 rings (SSSR count). The summed E-state index contributed by atoms with van der Waals surface area (Å²) >= 11 is 1.17. The van der Waals surface area contributed by atoms with Crippen LogP contribution < -0.4 is 9.47 Å². The molecule has 1 N–H and O–H groups in total. The molecular weight excluding hydrogens is 366 g/mol. The van der Waals surface area contributed by atoms with E-state index in [0.717, 1.165) is 5.56 Å². The van der Waals surface area contributed by atoms with Gasteiger partial charge in [0.1, 0.15) is 5.25 Å². The Balaban J connectivity index is 1.80. The first kappa shape index (κ1) is 19.1. The maximum atomic E-state index is 13.1. The number of aliphatic carboxylic acids is 1. The molecule has 1 atom stereocenters. The van der Waals surface area contributed by atoms with Crippen molar-refractivity contribution in [2.45, 2.75) is 30.5 Å². The van der Waals surface area contributed by atoms with E-state index in [1.165, 1.54) is 11.8 Å². The lowest BCUT2D eigenvalue weighted by Crippen LogP contribution is -2.30. The zero-order valence-corrected chi connectivity index (χ0v) is 16.0. The smallest absolute Gasteiger partial charge is 0.316 e. The predicted octanol–water partition coefficient (Wildman–Crippen LogP) is 3.64. The molecule has 6 nitrogen and oxygen atoms in total. The zero-order chi connectivity index (χ0) is 19.4. The van der Waals surface area contributed by atoms with E-state index in [9.17, 15) is 9.59 Å². The number of rotatable bonds is 7. The Bertz CT molecular complexity index is 854. The number of carboxylic acid groups (broad SMARTS) is 1. The van der Waals surface area contributed by atoms with Gasteiger partial charge in [-0.2, -0.15) is 0 Å². The average molecular weight is 387 g/mol. The maximum Gasteiger partial charge on any atom is 0.316 e. The maximum absolute atomic E-state index is 13.1. The molecule has 0 radical (unpaired) electrons. The van der Waals surface area contributed by atoms with Crippen molar-refractivity contribution in [2.24, 2.45) is 0 Å². The van der Waals surface area contributed by atoms with Crippen molar-refractivity contribution in [3.8, 4) is 11.5 Å². The van der Waals surface area contributed by atoms with Crippen LogP contribution in [0.4, 0.5) is 0 Å². The molecule has 1 amide bonds. The molecule has 0 saturated carbocycles. The van der Waals surface area contributed by atoms with Crippen LogP contribution in [0.25, 0.3) is 0 Å². The molecule has 1 aliphatic rings. The molecule has 27 heavy (non-hydrogen) atoms. The van der Waals surface area contributed by atoms with Crippen molar-refractivity contribution in [1.29, 1.82) is 0 Å². The largest absolute Gasteiger partial charge is 0.480 e. The Kier molecular flexibility index (Phi) is 5.91. The molecule has 1 unspecified atom stereocenters. The number of carbonyl (C=O) groups is 2. The van der Waals surface area contributed by atoms with Crippen LogP contribution >= 0.6 is 11.8 Å². The van der Waals surface area contributed by atoms with E-state index in [1.807, 2.05) is 31.2 Å². The molecule has 142 valence electrons. The predicted molar refractivity (Wildman–Crippen MR) is 102 cm³/mol. The monoisotopic (exact) mass is 387 g/mol. The van der Waals surface area contributed by atoms with Crippen molar-refractivity contribution in [2.75, 3.05) is 13.3 Å². The zero-order valence-electron chi connectivity index (χ0n) is 15.2. The van der Waals surface area contributed by atoms with Gasteiger partial charge in [0.05, 0.1) is 5.56 Å². The molecule has 0 aliphatic carbocycles. The van der Waals surface area contributed by atoms with Crippen LogP contribution in [0.2, 0.25) is 0 Å². The van der Waals surface area contributed by atoms with E-state index in [2.05, 4.69) is 0 Å². The van der Waals surface area contributed by atoms with Crippen LogP contribution in [0, 0.1) is 0 Å². The van der Waals surface area contributed by atoms with Crippen LogP contribution in [-0.2, 0) is 11.3 Å². The van der Waals surface area contributed by atoms with E-state index in [0.29, 0.717) is 35.0 Å². The standard InChI is InChI=1S/C20H21NO5S/c1-3-21(11-14-8-9-16-17(10-14)26-12-25-16)19(22)15-6-4-5-7-18(15)27-13(2)20(23)24/h4-10,13H,3,11-12H2,1-2H3,(H,23,24). The van der Waals surface area contributed by atoms with E-state index < -0.39 is 11.2 Å². The molecule has 7 heteroatoms. The fraction of sp³-hybridized carbons (Fsp3) is 0.300. The summed E-state index contributed by atoms with van der Waals surface area (Å²) in [6.07, 6.45) is 0. The number of hydrogen-bond donors (Lipinski definition) is 1. The van der Waals surface area contributed by atoms with E-state index >= 15 is 0 Å². The van der Waals surface area contributed by atoms with Crippen molar-refractivity contribution in [3.05, 3.63) is 53.6 Å². The molecule has 0 spiro atoms. The third-order valence-corrected chi connectivity index (χ3v) is 5.41. The van der Waals surface area contributed by atoms with Gasteiger partial charge >= 0.3 is 5.97 Å². The van der Waals surface area contributed by atoms with Gasteiger partial charge in [0.25, 0.3) is 5.91 Å². The minimum atomic E-state index is -0.907. The molecule has 2 aromatic rings. The fourth-order valence-electron chi connectivity index (χ4n) is 2.74. The lowest BCUT2D eigenvalue weighted by atomic mass is 10.1. The molecule has 0 fully saturated rings. The highest BCUT2D eigenvalue weighted by atomic mass is 32.2. The Labute approximate surface area is 162 Å². The minimum Gasteiger partial charge on any atom is -0.480 e. The number of carbonyl (C=O) groups excluding carboxylic acids is 1. The summed E-state index contributed by atoms with van der Waals surface area (Å²) in [7, 11) is 0. The van der Waals surface area contributed by atoms with E-state index in [1.54, 1.807) is 30.0 Å². The second kappa shape index (κ2) is 8.35. The summed E-state index contributed by atoms with van der Waals surface area (Å²) in [4.78, 5) is 26.7. The Morgan fingerprint density at radius 2 is 1.93 bits per heavy atom. The Hall–Kier alpha value is -2.67. The molecular formula is C20H21NO5S. The van der Waals surface area contributed by atoms with Crippen molar-refractivity contribution < 1.29 is 24.2 Å². The van der Waals surface area contributed by atoms with Crippen molar-refractivity contribution in [1.82, 2.24) is 4.90 Å². The topological polar surface area (TPSA) is 76.1 Å². The van der Waals surface area contributed by atoms with E-state index in [-0.39, 0.29) is 12.7 Å². The first-order valence-electron chi connectivity index (χ1n) is 8.66. The number of hydrogen-bond acceptors (Lipinski definition) is 5. The molecule has 0 aromatic heterocycles. The van der Waals surface area contributed by atoms with Gasteiger partial charge in [0.15, 0.2) is 11.5 Å². The van der Waals surface area contributed by atoms with Crippen LogP contribution in [0.3, 0.4) is 0 Å². The van der Waals surface area contributed by atoms with Crippen molar-refractivity contribution in [3.63, 3.8) is 0 Å². The summed E-state index contributed by atoms with van der Waals surface area (Å²) in [6.45, 7) is 4.70. The molecule has 1 aliphatic heterocycles. The summed E-state index contributed by atoms with van der Waals surface area (Å²) in [6, 6.07) is 12.8. The number of nitrogens with zero attached hydrogens (tertiary/aromatic N) is 1. The number of fused-ring (bicyclic) bond motifs is 1. The van der Waals surface area contributed by atoms with Crippen LogP contribution in [0.15, 0.2) is 47.4 Å². The number of amides is 1. The summed E-state index contributed by atoms with van der Waals surface area (Å²) in [5.74, 6) is 0.352. The number of benzene rings is 2. The molecule has 0 saturated heterocycles. The van der Waals surface area contributed by atoms with Crippen LogP contribution in [-0.4, -0.2) is 40.5 Å². The Morgan fingerprint density at radius 3 is 2.67 bits per heavy atom. The van der Waals surface area contributed by atoms with Crippen LogP contribution in [0.5, 0.6) is 11.5 Å². The first-order chi connectivity index (χ1) is 13.0. The highest BCUT2D eigenvalue weighted by molar-refractivity contribution is 8.00. The van der Waals surface area contributed by atoms with Gasteiger partial charge < -0.3 is 19.5 Å². The normalized spacial score (nSPS) is 13.3. The minimum absolute atomic E-state index is 0.129.